The topological polar surface area (TPSA) is 115 Å². The van der Waals surface area contributed by atoms with Gasteiger partial charge in [-0.15, -0.1) is 0 Å². The molecule has 0 bridgehead atoms. The SMILES string of the molecule is CC(O)C(C)(C)C(C)O.O=C(O)c1ccccc1.O=P(O)(c1ccccc1)c1ccccc1. The minimum Gasteiger partial charge on any atom is -0.478 e. The van der Waals surface area contributed by atoms with Crippen molar-refractivity contribution in [3.8, 4) is 0 Å². The lowest BCUT2D eigenvalue weighted by molar-refractivity contribution is -0.0289. The summed E-state index contributed by atoms with van der Waals surface area (Å²) in [5.74, 6) is -0.879. The summed E-state index contributed by atoms with van der Waals surface area (Å²) in [6.07, 6.45) is -0.921. The van der Waals surface area contributed by atoms with Gasteiger partial charge in [-0.05, 0) is 50.2 Å². The van der Waals surface area contributed by atoms with Crippen molar-refractivity contribution in [3.63, 3.8) is 0 Å². The van der Waals surface area contributed by atoms with E-state index in [0.717, 1.165) is 0 Å². The number of rotatable bonds is 5. The fourth-order valence-corrected chi connectivity index (χ4v) is 3.79. The number of carboxylic acids is 1. The molecule has 4 N–H and O–H groups in total. The molecule has 3 aromatic carbocycles. The number of carboxylic acid groups (broad SMARTS) is 1. The first-order chi connectivity index (χ1) is 15.4. The summed E-state index contributed by atoms with van der Waals surface area (Å²) in [7, 11) is -3.40. The van der Waals surface area contributed by atoms with Crippen molar-refractivity contribution >= 4 is 23.9 Å². The van der Waals surface area contributed by atoms with Crippen LogP contribution in [0, 0.1) is 5.41 Å². The first-order valence-electron chi connectivity index (χ1n) is 10.5. The van der Waals surface area contributed by atoms with E-state index in [4.69, 9.17) is 15.3 Å². The average molecular weight is 473 g/mol. The molecule has 33 heavy (non-hydrogen) atoms. The number of aliphatic hydroxyl groups excluding tert-OH is 2. The second-order valence-electron chi connectivity index (χ2n) is 8.09. The van der Waals surface area contributed by atoms with Crippen LogP contribution in [0.4, 0.5) is 0 Å². The minimum absolute atomic E-state index is 0.331. The van der Waals surface area contributed by atoms with Crippen molar-refractivity contribution < 1.29 is 29.6 Å². The summed E-state index contributed by atoms with van der Waals surface area (Å²) in [6.45, 7) is 7.05. The number of aromatic carboxylic acids is 1. The van der Waals surface area contributed by atoms with Gasteiger partial charge in [0.15, 0.2) is 0 Å². The molecule has 0 heterocycles. The Balaban J connectivity index is 0.000000264. The summed E-state index contributed by atoms with van der Waals surface area (Å²) in [5.41, 5.74) is -0.0579. The van der Waals surface area contributed by atoms with Gasteiger partial charge in [-0.25, -0.2) is 4.79 Å². The van der Waals surface area contributed by atoms with Crippen molar-refractivity contribution in [2.75, 3.05) is 0 Å². The smallest absolute Gasteiger partial charge is 0.335 e. The van der Waals surface area contributed by atoms with Crippen LogP contribution in [0.2, 0.25) is 0 Å². The van der Waals surface area contributed by atoms with Crippen LogP contribution < -0.4 is 10.6 Å². The molecule has 3 rings (SSSR count). The highest BCUT2D eigenvalue weighted by atomic mass is 31.2. The standard InChI is InChI=1S/C12H11O2P.C7H6O2.C7H16O2/c13-15(14,11-7-3-1-4-8-11)12-9-5-2-6-10-12;8-7(9)6-4-2-1-3-5-6;1-5(8)7(3,4)6(2)9/h1-10H,(H,13,14);1-5H,(H,8,9);5-6,8-9H,1-4H3. The van der Waals surface area contributed by atoms with E-state index >= 15 is 0 Å². The summed E-state index contributed by atoms with van der Waals surface area (Å²) >= 11 is 0. The third-order valence-electron chi connectivity index (χ3n) is 5.39. The highest BCUT2D eigenvalue weighted by Crippen LogP contribution is 2.37. The van der Waals surface area contributed by atoms with Crippen molar-refractivity contribution in [1.29, 1.82) is 0 Å². The van der Waals surface area contributed by atoms with Gasteiger partial charge < -0.3 is 20.2 Å². The zero-order chi connectivity index (χ0) is 25.1. The maximum atomic E-state index is 12.2. The second-order valence-corrected chi connectivity index (χ2v) is 10.3. The number of carbonyl (C=O) groups is 1. The van der Waals surface area contributed by atoms with Gasteiger partial charge in [-0.3, -0.25) is 4.57 Å². The van der Waals surface area contributed by atoms with Crippen LogP contribution in [0.5, 0.6) is 0 Å². The molecule has 0 aliphatic carbocycles. The zero-order valence-corrected chi connectivity index (χ0v) is 20.3. The van der Waals surface area contributed by atoms with Crippen molar-refractivity contribution in [2.24, 2.45) is 5.41 Å². The number of aliphatic hydroxyl groups is 2. The van der Waals surface area contributed by atoms with E-state index in [1.165, 1.54) is 0 Å². The average Bonchev–Trinajstić information content (AvgIpc) is 2.81. The van der Waals surface area contributed by atoms with Crippen molar-refractivity contribution in [3.05, 3.63) is 96.6 Å². The van der Waals surface area contributed by atoms with E-state index in [1.807, 2.05) is 26.0 Å². The summed E-state index contributed by atoms with van der Waals surface area (Å²) in [6, 6.07) is 25.7. The van der Waals surface area contributed by atoms with Crippen LogP contribution in [0.15, 0.2) is 91.0 Å². The number of hydrogen-bond donors (Lipinski definition) is 4. The largest absolute Gasteiger partial charge is 0.478 e. The maximum Gasteiger partial charge on any atom is 0.335 e. The van der Waals surface area contributed by atoms with Crippen LogP contribution in [0.25, 0.3) is 0 Å². The molecule has 0 saturated carbocycles. The molecular weight excluding hydrogens is 439 g/mol. The van der Waals surface area contributed by atoms with Gasteiger partial charge in [0.1, 0.15) is 0 Å². The summed E-state index contributed by atoms with van der Waals surface area (Å²) in [4.78, 5) is 20.2. The molecule has 3 aromatic rings. The quantitative estimate of drug-likeness (QED) is 0.416. The lowest BCUT2D eigenvalue weighted by Crippen LogP contribution is -2.36. The third kappa shape index (κ3) is 8.95. The molecule has 0 aliphatic rings. The number of benzene rings is 3. The first-order valence-corrected chi connectivity index (χ1v) is 12.1. The second kappa shape index (κ2) is 13.1. The Morgan fingerprint density at radius 3 is 1.24 bits per heavy atom. The molecule has 6 nitrogen and oxygen atoms in total. The van der Waals surface area contributed by atoms with Gasteiger partial charge in [0.05, 0.1) is 17.8 Å². The van der Waals surface area contributed by atoms with Crippen LogP contribution in [-0.2, 0) is 4.57 Å². The van der Waals surface area contributed by atoms with Crippen LogP contribution in [0.3, 0.4) is 0 Å². The van der Waals surface area contributed by atoms with E-state index < -0.39 is 25.5 Å². The van der Waals surface area contributed by atoms with E-state index in [-0.39, 0.29) is 5.41 Å². The molecule has 2 atom stereocenters. The van der Waals surface area contributed by atoms with Gasteiger partial charge in [-0.1, -0.05) is 68.4 Å². The van der Waals surface area contributed by atoms with Gasteiger partial charge in [0, 0.05) is 16.0 Å². The molecule has 0 fully saturated rings. The van der Waals surface area contributed by atoms with Crippen LogP contribution in [-0.4, -0.2) is 38.4 Å². The van der Waals surface area contributed by atoms with Crippen LogP contribution in [0.1, 0.15) is 38.1 Å². The lowest BCUT2D eigenvalue weighted by atomic mass is 9.82. The van der Waals surface area contributed by atoms with Gasteiger partial charge >= 0.3 is 5.97 Å². The Hall–Kier alpha value is -2.76. The molecule has 0 radical (unpaired) electrons. The molecule has 0 aliphatic heterocycles. The van der Waals surface area contributed by atoms with E-state index in [1.54, 1.807) is 92.7 Å². The maximum absolute atomic E-state index is 12.2. The van der Waals surface area contributed by atoms with Gasteiger partial charge in [0.2, 0.25) is 0 Å². The fraction of sp³-hybridized carbons (Fsp3) is 0.269. The van der Waals surface area contributed by atoms with Gasteiger partial charge in [0.25, 0.3) is 7.37 Å². The van der Waals surface area contributed by atoms with Crippen molar-refractivity contribution in [2.45, 2.75) is 39.9 Å². The molecule has 2 unspecified atom stereocenters. The Labute approximate surface area is 195 Å². The molecular formula is C26H33O6P. The third-order valence-corrected chi connectivity index (χ3v) is 7.38. The normalized spacial score (nSPS) is 12.8. The Morgan fingerprint density at radius 1 is 0.727 bits per heavy atom. The Morgan fingerprint density at radius 2 is 1.03 bits per heavy atom. The monoisotopic (exact) mass is 472 g/mol. The molecule has 0 saturated heterocycles. The van der Waals surface area contributed by atoms with Crippen molar-refractivity contribution in [1.82, 2.24) is 0 Å². The fourth-order valence-electron chi connectivity index (χ4n) is 2.34. The van der Waals surface area contributed by atoms with Gasteiger partial charge in [-0.2, -0.15) is 0 Å². The summed E-state index contributed by atoms with van der Waals surface area (Å²) in [5, 5.41) is 27.5. The minimum atomic E-state index is -3.40. The molecule has 7 heteroatoms. The summed E-state index contributed by atoms with van der Waals surface area (Å²) < 4.78 is 12.2. The highest BCUT2D eigenvalue weighted by molar-refractivity contribution is 7.73. The highest BCUT2D eigenvalue weighted by Gasteiger charge is 2.29. The first kappa shape index (κ1) is 28.3. The van der Waals surface area contributed by atoms with E-state index in [9.17, 15) is 14.3 Å². The molecule has 178 valence electrons. The van der Waals surface area contributed by atoms with Crippen LogP contribution >= 0.6 is 7.37 Å². The molecule has 0 aromatic heterocycles. The zero-order valence-electron chi connectivity index (χ0n) is 19.4. The predicted octanol–water partition coefficient (Wildman–Crippen LogP) is 4.07. The number of hydrogen-bond acceptors (Lipinski definition) is 4. The Kier molecular flexibility index (Phi) is 11.2. The van der Waals surface area contributed by atoms with E-state index in [0.29, 0.717) is 16.2 Å². The van der Waals surface area contributed by atoms with E-state index in [2.05, 4.69) is 0 Å². The molecule has 0 spiro atoms. The predicted molar refractivity (Wildman–Crippen MR) is 133 cm³/mol. The molecule has 0 amide bonds. The lowest BCUT2D eigenvalue weighted by Gasteiger charge is -2.30. The Bertz CT molecular complexity index is 949.